The molecule has 0 aromatic heterocycles. The molecule has 1 N–H and O–H groups in total. The van der Waals surface area contributed by atoms with Crippen molar-refractivity contribution in [1.29, 1.82) is 0 Å². The molecule has 3 aromatic carbocycles. The van der Waals surface area contributed by atoms with E-state index in [-0.39, 0.29) is 23.4 Å². The van der Waals surface area contributed by atoms with Crippen LogP contribution >= 0.6 is 0 Å². The first-order valence-corrected chi connectivity index (χ1v) is 11.6. The highest BCUT2D eigenvalue weighted by molar-refractivity contribution is 7.92. The van der Waals surface area contributed by atoms with E-state index < -0.39 is 10.0 Å². The maximum absolute atomic E-state index is 13.5. The summed E-state index contributed by atoms with van der Waals surface area (Å²) in [6.45, 7) is 7.31. The Morgan fingerprint density at radius 2 is 1.42 bits per heavy atom. The summed E-state index contributed by atoms with van der Waals surface area (Å²) >= 11 is 0. The Hall–Kier alpha value is -3.12. The Bertz CT molecular complexity index is 1150. The molecule has 0 saturated carbocycles. The van der Waals surface area contributed by atoms with Crippen molar-refractivity contribution in [3.05, 3.63) is 95.1 Å². The molecule has 5 nitrogen and oxygen atoms in total. The average Bonchev–Trinajstić information content (AvgIpc) is 2.73. The zero-order chi connectivity index (χ0) is 22.6. The van der Waals surface area contributed by atoms with Crippen LogP contribution in [0.15, 0.2) is 77.7 Å². The van der Waals surface area contributed by atoms with Crippen molar-refractivity contribution in [2.24, 2.45) is 0 Å². The van der Waals surface area contributed by atoms with Crippen LogP contribution in [0.2, 0.25) is 0 Å². The zero-order valence-electron chi connectivity index (χ0n) is 18.3. The molecular formula is C25H28N2O3S. The molecule has 0 bridgehead atoms. The van der Waals surface area contributed by atoms with E-state index in [1.165, 1.54) is 4.31 Å². The lowest BCUT2D eigenvalue weighted by Crippen LogP contribution is -2.41. The molecule has 0 heterocycles. The molecule has 3 aromatic rings. The van der Waals surface area contributed by atoms with Gasteiger partial charge in [0, 0.05) is 0 Å². The molecule has 162 valence electrons. The molecule has 31 heavy (non-hydrogen) atoms. The molecule has 0 unspecified atom stereocenters. The average molecular weight is 437 g/mol. The highest BCUT2D eigenvalue weighted by atomic mass is 32.2. The predicted octanol–water partition coefficient (Wildman–Crippen LogP) is 4.68. The van der Waals surface area contributed by atoms with Crippen LogP contribution in [0.4, 0.5) is 5.69 Å². The van der Waals surface area contributed by atoms with Gasteiger partial charge in [0.25, 0.3) is 10.0 Å². The summed E-state index contributed by atoms with van der Waals surface area (Å²) in [5.41, 5.74) is 4.32. The van der Waals surface area contributed by atoms with Gasteiger partial charge in [-0.2, -0.15) is 0 Å². The Morgan fingerprint density at radius 1 is 0.871 bits per heavy atom. The van der Waals surface area contributed by atoms with Crippen LogP contribution in [0.3, 0.4) is 0 Å². The number of benzene rings is 3. The topological polar surface area (TPSA) is 66.5 Å². The van der Waals surface area contributed by atoms with E-state index in [0.717, 1.165) is 22.3 Å². The van der Waals surface area contributed by atoms with Gasteiger partial charge >= 0.3 is 0 Å². The van der Waals surface area contributed by atoms with Crippen LogP contribution in [0.1, 0.15) is 35.2 Å². The summed E-state index contributed by atoms with van der Waals surface area (Å²) in [7, 11) is -3.92. The maximum Gasteiger partial charge on any atom is 0.264 e. The Labute approximate surface area is 184 Å². The lowest BCUT2D eigenvalue weighted by molar-refractivity contribution is -0.120. The van der Waals surface area contributed by atoms with Gasteiger partial charge in [-0.05, 0) is 57.0 Å². The van der Waals surface area contributed by atoms with Gasteiger partial charge in [-0.1, -0.05) is 65.7 Å². The van der Waals surface area contributed by atoms with Crippen molar-refractivity contribution < 1.29 is 13.2 Å². The van der Waals surface area contributed by atoms with Gasteiger partial charge in [-0.25, -0.2) is 8.42 Å². The van der Waals surface area contributed by atoms with E-state index in [9.17, 15) is 13.2 Å². The van der Waals surface area contributed by atoms with E-state index >= 15 is 0 Å². The Kier molecular flexibility index (Phi) is 6.81. The largest absolute Gasteiger partial charge is 0.348 e. The lowest BCUT2D eigenvalue weighted by atomic mass is 10.1. The highest BCUT2D eigenvalue weighted by Gasteiger charge is 2.28. The fourth-order valence-corrected chi connectivity index (χ4v) is 4.82. The number of amides is 1. The van der Waals surface area contributed by atoms with Crippen LogP contribution in [0.25, 0.3) is 0 Å². The molecule has 1 amide bonds. The fraction of sp³-hybridized carbons (Fsp3) is 0.240. The third kappa shape index (κ3) is 5.33. The van der Waals surface area contributed by atoms with Gasteiger partial charge < -0.3 is 5.32 Å². The van der Waals surface area contributed by atoms with Gasteiger partial charge in [0.05, 0.1) is 16.6 Å². The third-order valence-corrected chi connectivity index (χ3v) is 7.01. The summed E-state index contributed by atoms with van der Waals surface area (Å²) in [5, 5.41) is 2.92. The molecule has 0 spiro atoms. The minimum atomic E-state index is -3.92. The molecule has 1 atom stereocenters. The number of nitrogens with one attached hydrogen (secondary N) is 1. The van der Waals surface area contributed by atoms with Crippen molar-refractivity contribution in [3.63, 3.8) is 0 Å². The van der Waals surface area contributed by atoms with Crippen molar-refractivity contribution in [2.75, 3.05) is 10.8 Å². The summed E-state index contributed by atoms with van der Waals surface area (Å²) in [6.07, 6.45) is 0. The second-order valence-electron chi connectivity index (χ2n) is 7.81. The third-order valence-electron chi connectivity index (χ3n) is 5.24. The van der Waals surface area contributed by atoms with E-state index in [1.54, 1.807) is 36.4 Å². The monoisotopic (exact) mass is 436 g/mol. The number of nitrogens with zero attached hydrogens (tertiary/aromatic N) is 1. The normalized spacial score (nSPS) is 12.3. The molecule has 6 heteroatoms. The van der Waals surface area contributed by atoms with Crippen LogP contribution < -0.4 is 9.62 Å². The van der Waals surface area contributed by atoms with Crippen molar-refractivity contribution in [1.82, 2.24) is 5.32 Å². The van der Waals surface area contributed by atoms with E-state index in [4.69, 9.17) is 0 Å². The number of rotatable bonds is 7. The molecule has 0 aliphatic carbocycles. The first-order valence-electron chi connectivity index (χ1n) is 10.2. The number of carbonyl (C=O) groups is 1. The minimum absolute atomic E-state index is 0.153. The molecule has 0 radical (unpaired) electrons. The lowest BCUT2D eigenvalue weighted by Gasteiger charge is -2.26. The summed E-state index contributed by atoms with van der Waals surface area (Å²) in [6, 6.07) is 21.5. The van der Waals surface area contributed by atoms with Crippen LogP contribution in [0, 0.1) is 20.8 Å². The van der Waals surface area contributed by atoms with Crippen molar-refractivity contribution >= 4 is 21.6 Å². The first-order chi connectivity index (χ1) is 14.7. The quantitative estimate of drug-likeness (QED) is 0.585. The molecule has 0 saturated heterocycles. The molecular weight excluding hydrogens is 408 g/mol. The fourth-order valence-electron chi connectivity index (χ4n) is 3.34. The predicted molar refractivity (Wildman–Crippen MR) is 125 cm³/mol. The first kappa shape index (κ1) is 22.6. The second-order valence-corrected chi connectivity index (χ2v) is 9.67. The standard InChI is InChI=1S/C25H28N2O3S/c1-18-9-13-22(14-10-18)21(4)26-25(28)17-27(24-8-6-5-7-20(24)3)31(29,30)23-15-11-19(2)12-16-23/h5-16,21H,17H2,1-4H3,(H,26,28)/t21-/m1/s1. The van der Waals surface area contributed by atoms with Crippen LogP contribution in [-0.4, -0.2) is 20.9 Å². The zero-order valence-corrected chi connectivity index (χ0v) is 19.1. The van der Waals surface area contributed by atoms with Gasteiger partial charge in [0.1, 0.15) is 6.54 Å². The second kappa shape index (κ2) is 9.35. The molecule has 0 aliphatic heterocycles. The van der Waals surface area contributed by atoms with E-state index in [0.29, 0.717) is 5.69 Å². The minimum Gasteiger partial charge on any atom is -0.348 e. The Morgan fingerprint density at radius 3 is 2.00 bits per heavy atom. The SMILES string of the molecule is Cc1ccc([C@@H](C)NC(=O)CN(c2ccccc2C)S(=O)(=O)c2ccc(C)cc2)cc1. The smallest absolute Gasteiger partial charge is 0.264 e. The number of aryl methyl sites for hydroxylation is 3. The van der Waals surface area contributed by atoms with Crippen LogP contribution in [-0.2, 0) is 14.8 Å². The number of carbonyl (C=O) groups excluding carboxylic acids is 1. The van der Waals surface area contributed by atoms with Crippen molar-refractivity contribution in [2.45, 2.75) is 38.6 Å². The van der Waals surface area contributed by atoms with Crippen LogP contribution in [0.5, 0.6) is 0 Å². The number of sulfonamides is 1. The highest BCUT2D eigenvalue weighted by Crippen LogP contribution is 2.27. The molecule has 0 fully saturated rings. The summed E-state index contributed by atoms with van der Waals surface area (Å²) < 4.78 is 28.1. The molecule has 0 aliphatic rings. The van der Waals surface area contributed by atoms with E-state index in [2.05, 4.69) is 5.32 Å². The Balaban J connectivity index is 1.90. The number of para-hydroxylation sites is 1. The van der Waals surface area contributed by atoms with Gasteiger partial charge in [-0.15, -0.1) is 0 Å². The van der Waals surface area contributed by atoms with Gasteiger partial charge in [-0.3, -0.25) is 9.10 Å². The maximum atomic E-state index is 13.5. The van der Waals surface area contributed by atoms with E-state index in [1.807, 2.05) is 64.1 Å². The number of anilines is 1. The summed E-state index contributed by atoms with van der Waals surface area (Å²) in [4.78, 5) is 13.1. The van der Waals surface area contributed by atoms with Crippen molar-refractivity contribution in [3.8, 4) is 0 Å². The van der Waals surface area contributed by atoms with Gasteiger partial charge in [0.2, 0.25) is 5.91 Å². The number of hydrogen-bond donors (Lipinski definition) is 1. The molecule has 3 rings (SSSR count). The number of hydrogen-bond acceptors (Lipinski definition) is 3. The van der Waals surface area contributed by atoms with Gasteiger partial charge in [0.15, 0.2) is 0 Å². The summed E-state index contributed by atoms with van der Waals surface area (Å²) in [5.74, 6) is -0.369.